The van der Waals surface area contributed by atoms with Gasteiger partial charge in [0, 0.05) is 11.6 Å². The first-order valence-electron chi connectivity index (χ1n) is 7.80. The van der Waals surface area contributed by atoms with Crippen molar-refractivity contribution in [2.24, 2.45) is 0 Å². The molecule has 0 fully saturated rings. The van der Waals surface area contributed by atoms with Gasteiger partial charge in [0.05, 0.1) is 17.2 Å². The predicted molar refractivity (Wildman–Crippen MR) is 91.1 cm³/mol. The summed E-state index contributed by atoms with van der Waals surface area (Å²) in [5, 5.41) is 2.80. The number of hydrogen-bond acceptors (Lipinski definition) is 4. The van der Waals surface area contributed by atoms with Crippen molar-refractivity contribution in [3.05, 3.63) is 54.0 Å². The Bertz CT molecular complexity index is 767. The molecule has 0 aliphatic carbocycles. The van der Waals surface area contributed by atoms with Crippen LogP contribution in [-0.4, -0.2) is 20.4 Å². The predicted octanol–water partition coefficient (Wildman–Crippen LogP) is 2.85. The van der Waals surface area contributed by atoms with Gasteiger partial charge in [0.15, 0.2) is 0 Å². The molecule has 0 saturated carbocycles. The van der Waals surface area contributed by atoms with E-state index >= 15 is 0 Å². The number of amides is 1. The van der Waals surface area contributed by atoms with Crippen molar-refractivity contribution in [2.45, 2.75) is 44.2 Å². The summed E-state index contributed by atoms with van der Waals surface area (Å²) in [7, 11) is -3.57. The molecule has 6 nitrogen and oxygen atoms in total. The number of benzene rings is 1. The summed E-state index contributed by atoms with van der Waals surface area (Å²) in [6.45, 7) is 5.52. The lowest BCUT2D eigenvalue weighted by molar-refractivity contribution is 0.0935. The topological polar surface area (TPSA) is 88.4 Å². The second kappa shape index (κ2) is 7.63. The van der Waals surface area contributed by atoms with Crippen molar-refractivity contribution >= 4 is 15.9 Å². The molecule has 0 unspecified atom stereocenters. The molecule has 0 saturated heterocycles. The molecule has 1 aromatic heterocycles. The van der Waals surface area contributed by atoms with Crippen LogP contribution in [-0.2, 0) is 10.0 Å². The Balaban J connectivity index is 2.07. The van der Waals surface area contributed by atoms with Crippen LogP contribution >= 0.6 is 0 Å². The van der Waals surface area contributed by atoms with Crippen LogP contribution in [0, 0.1) is 0 Å². The number of furan rings is 1. The number of sulfonamides is 1. The molecule has 24 heavy (non-hydrogen) atoms. The first-order chi connectivity index (χ1) is 11.3. The summed E-state index contributed by atoms with van der Waals surface area (Å²) in [5.41, 5.74) is 0.385. The average Bonchev–Trinajstić information content (AvgIpc) is 3.09. The highest BCUT2D eigenvalue weighted by molar-refractivity contribution is 7.89. The van der Waals surface area contributed by atoms with Crippen molar-refractivity contribution in [2.75, 3.05) is 0 Å². The molecule has 2 N–H and O–H groups in total. The van der Waals surface area contributed by atoms with Gasteiger partial charge in [0.1, 0.15) is 5.76 Å². The third-order valence-corrected chi connectivity index (χ3v) is 5.32. The fraction of sp³-hybridized carbons (Fsp3) is 0.353. The van der Waals surface area contributed by atoms with Gasteiger partial charge >= 0.3 is 0 Å². The van der Waals surface area contributed by atoms with Crippen LogP contribution in [0.3, 0.4) is 0 Å². The van der Waals surface area contributed by atoms with E-state index in [9.17, 15) is 13.2 Å². The molecule has 130 valence electrons. The largest absolute Gasteiger partial charge is 0.467 e. The van der Waals surface area contributed by atoms with Crippen LogP contribution < -0.4 is 10.0 Å². The molecule has 0 aliphatic rings. The highest BCUT2D eigenvalue weighted by Gasteiger charge is 2.18. The van der Waals surface area contributed by atoms with Gasteiger partial charge in [0.2, 0.25) is 10.0 Å². The van der Waals surface area contributed by atoms with E-state index in [1.165, 1.54) is 24.3 Å². The molecule has 0 bridgehead atoms. The van der Waals surface area contributed by atoms with Crippen LogP contribution in [0.4, 0.5) is 0 Å². The molecule has 7 heteroatoms. The molecule has 2 aromatic rings. The van der Waals surface area contributed by atoms with Crippen LogP contribution in [0.25, 0.3) is 0 Å². The van der Waals surface area contributed by atoms with Gasteiger partial charge in [-0.15, -0.1) is 0 Å². The lowest BCUT2D eigenvalue weighted by atomic mass is 10.2. The van der Waals surface area contributed by atoms with Crippen LogP contribution in [0.5, 0.6) is 0 Å². The fourth-order valence-electron chi connectivity index (χ4n) is 2.09. The zero-order valence-electron chi connectivity index (χ0n) is 13.9. The Morgan fingerprint density at radius 2 is 1.83 bits per heavy atom. The minimum absolute atomic E-state index is 0.137. The normalized spacial score (nSPS) is 14.1. The average molecular weight is 350 g/mol. The maximum absolute atomic E-state index is 12.2. The molecule has 1 amide bonds. The number of carbonyl (C=O) groups is 1. The smallest absolute Gasteiger partial charge is 0.251 e. The van der Waals surface area contributed by atoms with Crippen LogP contribution in [0.1, 0.15) is 49.4 Å². The van der Waals surface area contributed by atoms with E-state index in [2.05, 4.69) is 10.0 Å². The SMILES string of the molecule is CC[C@@H](C)NS(=O)(=O)c1ccc(C(=O)N[C@H](C)c2ccco2)cc1. The lowest BCUT2D eigenvalue weighted by Gasteiger charge is -2.13. The standard InChI is InChI=1S/C17H22N2O4S/c1-4-12(2)19-24(21,22)15-9-7-14(8-10-15)17(20)18-13(3)16-6-5-11-23-16/h5-13,19H,4H2,1-3H3,(H,18,20)/t12-,13-/m1/s1. The summed E-state index contributed by atoms with van der Waals surface area (Å²) in [6, 6.07) is 8.96. The number of carbonyl (C=O) groups excluding carboxylic acids is 1. The molecule has 2 atom stereocenters. The van der Waals surface area contributed by atoms with E-state index < -0.39 is 10.0 Å². The minimum atomic E-state index is -3.57. The van der Waals surface area contributed by atoms with Gasteiger partial charge in [-0.1, -0.05) is 6.92 Å². The van der Waals surface area contributed by atoms with Crippen LogP contribution in [0.15, 0.2) is 52.0 Å². The van der Waals surface area contributed by atoms with Crippen molar-refractivity contribution in [3.63, 3.8) is 0 Å². The Morgan fingerprint density at radius 3 is 2.38 bits per heavy atom. The van der Waals surface area contributed by atoms with Gasteiger partial charge < -0.3 is 9.73 Å². The van der Waals surface area contributed by atoms with Gasteiger partial charge in [-0.2, -0.15) is 0 Å². The zero-order chi connectivity index (χ0) is 17.7. The summed E-state index contributed by atoms with van der Waals surface area (Å²) in [6.07, 6.45) is 2.24. The monoisotopic (exact) mass is 350 g/mol. The first kappa shape index (κ1) is 18.2. The van der Waals surface area contributed by atoms with Crippen molar-refractivity contribution in [3.8, 4) is 0 Å². The Hall–Kier alpha value is -2.12. The highest BCUT2D eigenvalue weighted by atomic mass is 32.2. The van der Waals surface area contributed by atoms with Crippen LogP contribution in [0.2, 0.25) is 0 Å². The van der Waals surface area contributed by atoms with Crippen molar-refractivity contribution < 1.29 is 17.6 Å². The highest BCUT2D eigenvalue weighted by Crippen LogP contribution is 2.15. The third-order valence-electron chi connectivity index (χ3n) is 3.71. The Labute approximate surface area is 142 Å². The Morgan fingerprint density at radius 1 is 1.17 bits per heavy atom. The van der Waals surface area contributed by atoms with E-state index in [0.717, 1.165) is 0 Å². The van der Waals surface area contributed by atoms with Crippen molar-refractivity contribution in [1.82, 2.24) is 10.0 Å². The summed E-state index contributed by atoms with van der Waals surface area (Å²) in [4.78, 5) is 12.4. The van der Waals surface area contributed by atoms with E-state index in [1.54, 1.807) is 25.3 Å². The molecule has 0 radical (unpaired) electrons. The summed E-state index contributed by atoms with van der Waals surface area (Å²) < 4.78 is 32.2. The van der Waals surface area contributed by atoms with E-state index in [4.69, 9.17) is 4.42 Å². The molecule has 1 aromatic carbocycles. The quantitative estimate of drug-likeness (QED) is 0.804. The molecule has 2 rings (SSSR count). The van der Waals surface area contributed by atoms with E-state index in [0.29, 0.717) is 17.7 Å². The maximum Gasteiger partial charge on any atom is 0.251 e. The van der Waals surface area contributed by atoms with Gasteiger partial charge in [-0.3, -0.25) is 4.79 Å². The van der Waals surface area contributed by atoms with E-state index in [1.807, 2.05) is 13.8 Å². The second-order valence-electron chi connectivity index (χ2n) is 5.67. The summed E-state index contributed by atoms with van der Waals surface area (Å²) >= 11 is 0. The zero-order valence-corrected chi connectivity index (χ0v) is 14.8. The number of hydrogen-bond donors (Lipinski definition) is 2. The maximum atomic E-state index is 12.2. The molecule has 0 spiro atoms. The number of rotatable bonds is 7. The molecular formula is C17H22N2O4S. The second-order valence-corrected chi connectivity index (χ2v) is 7.38. The fourth-order valence-corrected chi connectivity index (χ4v) is 3.42. The molecular weight excluding hydrogens is 328 g/mol. The summed E-state index contributed by atoms with van der Waals surface area (Å²) in [5.74, 6) is 0.359. The van der Waals surface area contributed by atoms with Crippen molar-refractivity contribution in [1.29, 1.82) is 0 Å². The molecule has 0 aliphatic heterocycles. The van der Waals surface area contributed by atoms with E-state index in [-0.39, 0.29) is 22.9 Å². The molecule has 1 heterocycles. The van der Waals surface area contributed by atoms with Gasteiger partial charge in [0.25, 0.3) is 5.91 Å². The van der Waals surface area contributed by atoms with Gasteiger partial charge in [-0.05, 0) is 56.7 Å². The number of nitrogens with one attached hydrogen (secondary N) is 2. The lowest BCUT2D eigenvalue weighted by Crippen LogP contribution is -2.32. The van der Waals surface area contributed by atoms with Gasteiger partial charge in [-0.25, -0.2) is 13.1 Å². The third kappa shape index (κ3) is 4.46. The minimum Gasteiger partial charge on any atom is -0.467 e. The Kier molecular flexibility index (Phi) is 5.80. The first-order valence-corrected chi connectivity index (χ1v) is 9.28.